The lowest BCUT2D eigenvalue weighted by Gasteiger charge is -2.11. The van der Waals surface area contributed by atoms with Gasteiger partial charge in [-0.05, 0) is 43.0 Å². The number of hydrogen-bond donors (Lipinski definition) is 2. The normalized spacial score (nSPS) is 13.8. The van der Waals surface area contributed by atoms with E-state index in [1.165, 1.54) is 12.8 Å². The molecule has 1 aromatic carbocycles. The van der Waals surface area contributed by atoms with Gasteiger partial charge in [-0.3, -0.25) is 9.59 Å². The van der Waals surface area contributed by atoms with E-state index in [0.717, 1.165) is 23.7 Å². The van der Waals surface area contributed by atoms with Crippen LogP contribution in [-0.4, -0.2) is 43.9 Å². The molecule has 0 heterocycles. The van der Waals surface area contributed by atoms with Crippen molar-refractivity contribution >= 4 is 17.5 Å². The molecule has 1 saturated carbocycles. The van der Waals surface area contributed by atoms with E-state index in [0.29, 0.717) is 13.0 Å². The first-order chi connectivity index (χ1) is 10.0. The molecule has 2 N–H and O–H groups in total. The molecule has 2 amide bonds. The second-order valence-electron chi connectivity index (χ2n) is 5.78. The van der Waals surface area contributed by atoms with Gasteiger partial charge in [-0.15, -0.1) is 0 Å². The summed E-state index contributed by atoms with van der Waals surface area (Å²) in [6, 6.07) is 7.40. The molecule has 114 valence electrons. The molecule has 5 heteroatoms. The molecule has 1 aromatic rings. The van der Waals surface area contributed by atoms with E-state index in [4.69, 9.17) is 0 Å². The minimum Gasteiger partial charge on any atom is -0.349 e. The fourth-order valence-corrected chi connectivity index (χ4v) is 1.96. The number of nitrogens with one attached hydrogen (secondary N) is 2. The molecule has 0 atom stereocenters. The van der Waals surface area contributed by atoms with E-state index < -0.39 is 0 Å². The second kappa shape index (κ2) is 7.22. The Balaban J connectivity index is 1.75. The summed E-state index contributed by atoms with van der Waals surface area (Å²) in [7, 11) is 3.48. The van der Waals surface area contributed by atoms with Crippen molar-refractivity contribution in [2.75, 3.05) is 32.5 Å². The highest BCUT2D eigenvalue weighted by Crippen LogP contribution is 2.27. The van der Waals surface area contributed by atoms with Crippen molar-refractivity contribution in [1.82, 2.24) is 10.2 Å². The van der Waals surface area contributed by atoms with Gasteiger partial charge in [0.15, 0.2) is 0 Å². The topological polar surface area (TPSA) is 61.4 Å². The molecular formula is C16H23N3O2. The average Bonchev–Trinajstić information content (AvgIpc) is 3.25. The predicted molar refractivity (Wildman–Crippen MR) is 83.1 cm³/mol. The number of nitrogens with zero attached hydrogens (tertiary/aromatic N) is 1. The van der Waals surface area contributed by atoms with Gasteiger partial charge in [0, 0.05) is 19.8 Å². The number of benzene rings is 1. The van der Waals surface area contributed by atoms with Gasteiger partial charge in [-0.2, -0.15) is 0 Å². The molecule has 0 unspecified atom stereocenters. The third-order valence-corrected chi connectivity index (χ3v) is 3.51. The summed E-state index contributed by atoms with van der Waals surface area (Å²) in [5, 5.41) is 6.00. The van der Waals surface area contributed by atoms with Crippen LogP contribution in [0.2, 0.25) is 0 Å². The number of carbonyl (C=O) groups excluding carboxylic acids is 2. The van der Waals surface area contributed by atoms with Gasteiger partial charge in [0.1, 0.15) is 0 Å². The molecular weight excluding hydrogens is 266 g/mol. The SMILES string of the molecule is CN(C)C(=O)Cc1ccc(NC(=O)CNCC2CC2)cc1. The quantitative estimate of drug-likeness (QED) is 0.794. The van der Waals surface area contributed by atoms with Crippen molar-refractivity contribution in [3.05, 3.63) is 29.8 Å². The Labute approximate surface area is 125 Å². The third-order valence-electron chi connectivity index (χ3n) is 3.51. The number of carbonyl (C=O) groups is 2. The number of rotatable bonds is 7. The van der Waals surface area contributed by atoms with Crippen LogP contribution in [0.15, 0.2) is 24.3 Å². The molecule has 5 nitrogen and oxygen atoms in total. The molecule has 1 aliphatic rings. The van der Waals surface area contributed by atoms with Crippen LogP contribution in [0.1, 0.15) is 18.4 Å². The summed E-state index contributed by atoms with van der Waals surface area (Å²) in [4.78, 5) is 24.9. The van der Waals surface area contributed by atoms with Crippen molar-refractivity contribution in [1.29, 1.82) is 0 Å². The summed E-state index contributed by atoms with van der Waals surface area (Å²) >= 11 is 0. The van der Waals surface area contributed by atoms with Crippen molar-refractivity contribution in [3.8, 4) is 0 Å². The Morgan fingerprint density at radius 2 is 1.86 bits per heavy atom. The van der Waals surface area contributed by atoms with E-state index in [2.05, 4.69) is 10.6 Å². The monoisotopic (exact) mass is 289 g/mol. The molecule has 21 heavy (non-hydrogen) atoms. The van der Waals surface area contributed by atoms with Gasteiger partial charge >= 0.3 is 0 Å². The highest BCUT2D eigenvalue weighted by Gasteiger charge is 2.20. The highest BCUT2D eigenvalue weighted by atomic mass is 16.2. The molecule has 1 fully saturated rings. The first kappa shape index (κ1) is 15.5. The molecule has 0 radical (unpaired) electrons. The van der Waals surface area contributed by atoms with Gasteiger partial charge in [-0.25, -0.2) is 0 Å². The van der Waals surface area contributed by atoms with Crippen LogP contribution < -0.4 is 10.6 Å². The Hall–Kier alpha value is -1.88. The Morgan fingerprint density at radius 3 is 2.43 bits per heavy atom. The smallest absolute Gasteiger partial charge is 0.238 e. The summed E-state index contributed by atoms with van der Waals surface area (Å²) in [6.45, 7) is 1.27. The van der Waals surface area contributed by atoms with Gasteiger partial charge < -0.3 is 15.5 Å². The Bertz CT molecular complexity index is 493. The zero-order chi connectivity index (χ0) is 15.2. The fourth-order valence-electron chi connectivity index (χ4n) is 1.96. The van der Waals surface area contributed by atoms with Crippen LogP contribution in [0.5, 0.6) is 0 Å². The van der Waals surface area contributed by atoms with Gasteiger partial charge in [0.2, 0.25) is 11.8 Å². The van der Waals surface area contributed by atoms with Crippen LogP contribution in [-0.2, 0) is 16.0 Å². The molecule has 1 aliphatic carbocycles. The largest absolute Gasteiger partial charge is 0.349 e. The van der Waals surface area contributed by atoms with E-state index in [1.54, 1.807) is 19.0 Å². The Morgan fingerprint density at radius 1 is 1.19 bits per heavy atom. The maximum atomic E-state index is 11.7. The molecule has 2 rings (SSSR count). The van der Waals surface area contributed by atoms with Crippen LogP contribution >= 0.6 is 0 Å². The van der Waals surface area contributed by atoms with E-state index in [9.17, 15) is 9.59 Å². The first-order valence-corrected chi connectivity index (χ1v) is 7.34. The van der Waals surface area contributed by atoms with Crippen LogP contribution in [0.25, 0.3) is 0 Å². The summed E-state index contributed by atoms with van der Waals surface area (Å²) in [5.41, 5.74) is 1.70. The average molecular weight is 289 g/mol. The number of anilines is 1. The maximum absolute atomic E-state index is 11.7. The molecule has 0 aliphatic heterocycles. The second-order valence-corrected chi connectivity index (χ2v) is 5.78. The van der Waals surface area contributed by atoms with Crippen molar-refractivity contribution in [2.45, 2.75) is 19.3 Å². The van der Waals surface area contributed by atoms with Crippen molar-refractivity contribution < 1.29 is 9.59 Å². The van der Waals surface area contributed by atoms with Crippen molar-refractivity contribution in [3.63, 3.8) is 0 Å². The number of likely N-dealkylation sites (N-methyl/N-ethyl adjacent to an activating group) is 1. The summed E-state index contributed by atoms with van der Waals surface area (Å²) in [5.74, 6) is 0.801. The molecule has 0 bridgehead atoms. The molecule has 0 aromatic heterocycles. The number of amides is 2. The van der Waals surface area contributed by atoms with Crippen molar-refractivity contribution in [2.24, 2.45) is 5.92 Å². The molecule has 0 saturated heterocycles. The van der Waals surface area contributed by atoms with Gasteiger partial charge in [-0.1, -0.05) is 12.1 Å². The van der Waals surface area contributed by atoms with Crippen LogP contribution in [0.4, 0.5) is 5.69 Å². The maximum Gasteiger partial charge on any atom is 0.238 e. The third kappa shape index (κ3) is 5.55. The Kier molecular flexibility index (Phi) is 5.33. The lowest BCUT2D eigenvalue weighted by molar-refractivity contribution is -0.128. The minimum atomic E-state index is -0.0345. The van der Waals surface area contributed by atoms with E-state index in [1.807, 2.05) is 24.3 Å². The van der Waals surface area contributed by atoms with Gasteiger partial charge in [0.25, 0.3) is 0 Å². The standard InChI is InChI=1S/C16H23N3O2/c1-19(2)16(21)9-12-5-7-14(8-6-12)18-15(20)11-17-10-13-3-4-13/h5-8,13,17H,3-4,9-11H2,1-2H3,(H,18,20). The van der Waals surface area contributed by atoms with Crippen LogP contribution in [0, 0.1) is 5.92 Å². The van der Waals surface area contributed by atoms with Gasteiger partial charge in [0.05, 0.1) is 13.0 Å². The summed E-state index contributed by atoms with van der Waals surface area (Å²) < 4.78 is 0. The predicted octanol–water partition coefficient (Wildman–Crippen LogP) is 1.26. The highest BCUT2D eigenvalue weighted by molar-refractivity contribution is 5.92. The summed E-state index contributed by atoms with van der Waals surface area (Å²) in [6.07, 6.45) is 2.94. The first-order valence-electron chi connectivity index (χ1n) is 7.34. The zero-order valence-corrected chi connectivity index (χ0v) is 12.7. The minimum absolute atomic E-state index is 0.0345. The fraction of sp³-hybridized carbons (Fsp3) is 0.500. The van der Waals surface area contributed by atoms with E-state index in [-0.39, 0.29) is 11.8 Å². The lowest BCUT2D eigenvalue weighted by atomic mass is 10.1. The lowest BCUT2D eigenvalue weighted by Crippen LogP contribution is -2.29. The van der Waals surface area contributed by atoms with Crippen LogP contribution in [0.3, 0.4) is 0 Å². The number of hydrogen-bond acceptors (Lipinski definition) is 3. The zero-order valence-electron chi connectivity index (χ0n) is 12.7. The molecule has 0 spiro atoms. The van der Waals surface area contributed by atoms with E-state index >= 15 is 0 Å².